The summed E-state index contributed by atoms with van der Waals surface area (Å²) < 4.78 is 5.89. The van der Waals surface area contributed by atoms with E-state index in [2.05, 4.69) is 56.6 Å². The summed E-state index contributed by atoms with van der Waals surface area (Å²) in [5.74, 6) is 0. The minimum absolute atomic E-state index is 0.0936. The largest absolute Gasteiger partial charge is 0.392 e. The zero-order valence-electron chi connectivity index (χ0n) is 16.0. The maximum Gasteiger partial charge on any atom is 0.0682 e. The molecule has 0 spiro atoms. The van der Waals surface area contributed by atoms with Gasteiger partial charge in [0, 0.05) is 30.2 Å². The van der Waals surface area contributed by atoms with Gasteiger partial charge in [0.1, 0.15) is 0 Å². The van der Waals surface area contributed by atoms with Gasteiger partial charge in [0.15, 0.2) is 0 Å². The highest BCUT2D eigenvalue weighted by Gasteiger charge is 2.41. The van der Waals surface area contributed by atoms with Crippen LogP contribution in [0.25, 0.3) is 0 Å². The summed E-state index contributed by atoms with van der Waals surface area (Å²) in [5, 5.41) is 9.45. The second-order valence-electron chi connectivity index (χ2n) is 7.24. The second-order valence-corrected chi connectivity index (χ2v) is 7.24. The molecule has 0 bridgehead atoms. The number of nitrogens with zero attached hydrogens (tertiary/aromatic N) is 2. The van der Waals surface area contributed by atoms with Gasteiger partial charge < -0.3 is 19.6 Å². The number of benzene rings is 1. The van der Waals surface area contributed by atoms with Crippen LogP contribution in [0, 0.1) is 0 Å². The highest BCUT2D eigenvalue weighted by Crippen LogP contribution is 2.45. The monoisotopic (exact) mass is 334 g/mol. The molecular weight excluding hydrogens is 300 g/mol. The normalized spacial score (nSPS) is 19.1. The van der Waals surface area contributed by atoms with Gasteiger partial charge in [-0.2, -0.15) is 0 Å². The van der Waals surface area contributed by atoms with Gasteiger partial charge in [-0.3, -0.25) is 0 Å². The summed E-state index contributed by atoms with van der Waals surface area (Å²) in [6.07, 6.45) is 0. The van der Waals surface area contributed by atoms with Crippen LogP contribution in [0.15, 0.2) is 18.2 Å². The third kappa shape index (κ3) is 3.93. The first-order chi connectivity index (χ1) is 11.5. The Labute approximate surface area is 147 Å². The standard InChI is InChI=1S/C20H34N2O2/c1-6-21(7-2)10-12-24-13-11-22-16(3)20(4,5)18-9-8-17(15-23)14-19(18)22/h8-9,14,16,23H,6-7,10-13,15H2,1-5H3/t16-/m1/s1. The van der Waals surface area contributed by atoms with Crippen molar-refractivity contribution in [1.82, 2.24) is 4.90 Å². The average molecular weight is 335 g/mol. The van der Waals surface area contributed by atoms with Crippen molar-refractivity contribution in [3.8, 4) is 0 Å². The average Bonchev–Trinajstić information content (AvgIpc) is 2.78. The lowest BCUT2D eigenvalue weighted by Crippen LogP contribution is -2.40. The van der Waals surface area contributed by atoms with E-state index in [4.69, 9.17) is 4.74 Å². The predicted molar refractivity (Wildman–Crippen MR) is 101 cm³/mol. The number of hydrogen-bond donors (Lipinski definition) is 1. The summed E-state index contributed by atoms with van der Waals surface area (Å²) in [4.78, 5) is 4.82. The molecule has 1 atom stereocenters. The van der Waals surface area contributed by atoms with Crippen molar-refractivity contribution in [3.05, 3.63) is 29.3 Å². The molecule has 0 amide bonds. The molecule has 24 heavy (non-hydrogen) atoms. The molecule has 1 aliphatic rings. The van der Waals surface area contributed by atoms with Crippen molar-refractivity contribution in [2.45, 2.75) is 52.7 Å². The number of likely N-dealkylation sites (N-methyl/N-ethyl adjacent to an activating group) is 1. The van der Waals surface area contributed by atoms with E-state index in [9.17, 15) is 5.11 Å². The van der Waals surface area contributed by atoms with Crippen molar-refractivity contribution in [2.24, 2.45) is 0 Å². The van der Waals surface area contributed by atoms with Gasteiger partial charge in [0.2, 0.25) is 0 Å². The van der Waals surface area contributed by atoms with E-state index in [-0.39, 0.29) is 12.0 Å². The van der Waals surface area contributed by atoms with Crippen LogP contribution in [0.3, 0.4) is 0 Å². The van der Waals surface area contributed by atoms with Crippen LogP contribution in [0.5, 0.6) is 0 Å². The van der Waals surface area contributed by atoms with E-state index in [0.29, 0.717) is 6.04 Å². The maximum absolute atomic E-state index is 9.45. The lowest BCUT2D eigenvalue weighted by molar-refractivity contribution is 0.110. The smallest absolute Gasteiger partial charge is 0.0682 e. The number of aliphatic hydroxyl groups is 1. The molecule has 0 aliphatic carbocycles. The molecular formula is C20H34N2O2. The second kappa shape index (κ2) is 8.32. The summed E-state index contributed by atoms with van der Waals surface area (Å²) >= 11 is 0. The summed E-state index contributed by atoms with van der Waals surface area (Å²) in [6, 6.07) is 6.78. The van der Waals surface area contributed by atoms with Gasteiger partial charge in [-0.15, -0.1) is 0 Å². The van der Waals surface area contributed by atoms with E-state index < -0.39 is 0 Å². The van der Waals surface area contributed by atoms with Crippen LogP contribution in [0.1, 0.15) is 45.7 Å². The van der Waals surface area contributed by atoms with Crippen molar-refractivity contribution < 1.29 is 9.84 Å². The Hall–Kier alpha value is -1.10. The topological polar surface area (TPSA) is 35.9 Å². The third-order valence-corrected chi connectivity index (χ3v) is 5.68. The quantitative estimate of drug-likeness (QED) is 0.704. The fourth-order valence-electron chi connectivity index (χ4n) is 3.59. The van der Waals surface area contributed by atoms with Gasteiger partial charge in [0.25, 0.3) is 0 Å². The van der Waals surface area contributed by atoms with E-state index >= 15 is 0 Å². The molecule has 1 heterocycles. The Kier molecular flexibility index (Phi) is 6.67. The van der Waals surface area contributed by atoms with Crippen molar-refractivity contribution in [2.75, 3.05) is 44.3 Å². The van der Waals surface area contributed by atoms with Crippen LogP contribution in [0.4, 0.5) is 5.69 Å². The van der Waals surface area contributed by atoms with E-state index in [1.807, 2.05) is 6.07 Å². The number of anilines is 1. The lowest BCUT2D eigenvalue weighted by Gasteiger charge is -2.31. The molecule has 0 fully saturated rings. The molecule has 4 nitrogen and oxygen atoms in total. The third-order valence-electron chi connectivity index (χ3n) is 5.68. The van der Waals surface area contributed by atoms with Gasteiger partial charge in [-0.05, 0) is 37.2 Å². The highest BCUT2D eigenvalue weighted by molar-refractivity contribution is 5.65. The Bertz CT molecular complexity index is 526. The summed E-state index contributed by atoms with van der Waals surface area (Å²) in [7, 11) is 0. The Morgan fingerprint density at radius 1 is 1.21 bits per heavy atom. The van der Waals surface area contributed by atoms with Crippen molar-refractivity contribution in [1.29, 1.82) is 0 Å². The summed E-state index contributed by atoms with van der Waals surface area (Å²) in [5.41, 5.74) is 3.72. The van der Waals surface area contributed by atoms with Crippen molar-refractivity contribution >= 4 is 5.69 Å². The number of ether oxygens (including phenoxy) is 1. The van der Waals surface area contributed by atoms with Gasteiger partial charge in [0.05, 0.1) is 19.8 Å². The van der Waals surface area contributed by atoms with E-state index in [1.54, 1.807) is 0 Å². The van der Waals surface area contributed by atoms with Crippen LogP contribution in [0.2, 0.25) is 0 Å². The van der Waals surface area contributed by atoms with Gasteiger partial charge in [-0.1, -0.05) is 39.8 Å². The number of fused-ring (bicyclic) bond motifs is 1. The fraction of sp³-hybridized carbons (Fsp3) is 0.700. The molecule has 1 aromatic rings. The molecule has 0 aromatic heterocycles. The minimum atomic E-state index is 0.0936. The maximum atomic E-state index is 9.45. The zero-order chi connectivity index (χ0) is 17.7. The number of rotatable bonds is 9. The van der Waals surface area contributed by atoms with Crippen LogP contribution in [-0.2, 0) is 16.8 Å². The molecule has 1 N–H and O–H groups in total. The Morgan fingerprint density at radius 3 is 2.54 bits per heavy atom. The molecule has 0 unspecified atom stereocenters. The molecule has 0 saturated heterocycles. The SMILES string of the molecule is CCN(CC)CCOCCN1c2cc(CO)ccc2C(C)(C)[C@H]1C. The first kappa shape index (κ1) is 19.2. The minimum Gasteiger partial charge on any atom is -0.392 e. The van der Waals surface area contributed by atoms with E-state index in [1.165, 1.54) is 11.3 Å². The molecule has 0 saturated carbocycles. The van der Waals surface area contributed by atoms with Crippen LogP contribution < -0.4 is 4.90 Å². The molecule has 0 radical (unpaired) electrons. The number of hydrogen-bond acceptors (Lipinski definition) is 4. The highest BCUT2D eigenvalue weighted by atomic mass is 16.5. The van der Waals surface area contributed by atoms with Gasteiger partial charge in [-0.25, -0.2) is 0 Å². The van der Waals surface area contributed by atoms with Crippen LogP contribution in [-0.4, -0.2) is 55.4 Å². The molecule has 1 aromatic carbocycles. The Balaban J connectivity index is 1.96. The van der Waals surface area contributed by atoms with Crippen LogP contribution >= 0.6 is 0 Å². The summed E-state index contributed by atoms with van der Waals surface area (Å²) in [6.45, 7) is 16.9. The molecule has 1 aliphatic heterocycles. The zero-order valence-corrected chi connectivity index (χ0v) is 16.0. The lowest BCUT2D eigenvalue weighted by atomic mass is 9.81. The Morgan fingerprint density at radius 2 is 1.92 bits per heavy atom. The van der Waals surface area contributed by atoms with E-state index in [0.717, 1.165) is 45.0 Å². The van der Waals surface area contributed by atoms with Crippen molar-refractivity contribution in [3.63, 3.8) is 0 Å². The molecule has 136 valence electrons. The fourth-order valence-corrected chi connectivity index (χ4v) is 3.59. The number of aliphatic hydroxyl groups excluding tert-OH is 1. The first-order valence-corrected chi connectivity index (χ1v) is 9.26. The predicted octanol–water partition coefficient (Wildman–Crippen LogP) is 3.02. The molecule has 4 heteroatoms. The first-order valence-electron chi connectivity index (χ1n) is 9.26. The van der Waals surface area contributed by atoms with Gasteiger partial charge >= 0.3 is 0 Å². The molecule has 2 rings (SSSR count).